The number of ether oxygens (including phenoxy) is 1. The molecule has 0 unspecified atom stereocenters. The summed E-state index contributed by atoms with van der Waals surface area (Å²) in [5, 5.41) is 0.486. The van der Waals surface area contributed by atoms with Crippen LogP contribution in [-0.4, -0.2) is 59.8 Å². The van der Waals surface area contributed by atoms with Gasteiger partial charge in [-0.05, 0) is 74.6 Å². The first kappa shape index (κ1) is 33.2. The van der Waals surface area contributed by atoms with Crippen LogP contribution in [0, 0.1) is 17.3 Å². The maximum Gasteiger partial charge on any atom is 0.274 e. The van der Waals surface area contributed by atoms with Crippen LogP contribution in [0.5, 0.6) is 5.19 Å². The number of ketones is 1. The molecule has 3 heterocycles. The number of nitrogens with zero attached hydrogens (tertiary/aromatic N) is 2. The van der Waals surface area contributed by atoms with Gasteiger partial charge >= 0.3 is 0 Å². The third-order valence-electron chi connectivity index (χ3n) is 10.3. The minimum absolute atomic E-state index is 0.0884. The normalized spacial score (nSPS) is 29.0. The molecule has 3 aromatic rings. The number of Topliss-reactive ketones (excluding diaryl/α,β-unsaturated/α-hetero) is 1. The zero-order chi connectivity index (χ0) is 33.5. The zero-order valence-corrected chi connectivity index (χ0v) is 29.1. The van der Waals surface area contributed by atoms with Crippen molar-refractivity contribution in [3.63, 3.8) is 0 Å². The van der Waals surface area contributed by atoms with Gasteiger partial charge in [0.05, 0.1) is 33.5 Å². The number of hydrogen-bond acceptors (Lipinski definition) is 8. The van der Waals surface area contributed by atoms with Crippen molar-refractivity contribution in [1.82, 2.24) is 14.6 Å². The Hall–Kier alpha value is -3.28. The lowest BCUT2D eigenvalue weighted by Crippen LogP contribution is -2.46. The molecule has 48 heavy (non-hydrogen) atoms. The molecule has 9 nitrogen and oxygen atoms in total. The van der Waals surface area contributed by atoms with E-state index in [0.29, 0.717) is 42.3 Å². The van der Waals surface area contributed by atoms with Crippen LogP contribution in [0.15, 0.2) is 60.7 Å². The van der Waals surface area contributed by atoms with Crippen LogP contribution < -0.4 is 9.46 Å². The largest absolute Gasteiger partial charge is 0.465 e. The highest BCUT2D eigenvalue weighted by Crippen LogP contribution is 2.57. The first-order valence-corrected chi connectivity index (χ1v) is 19.7. The minimum Gasteiger partial charge on any atom is -0.465 e. The van der Waals surface area contributed by atoms with Gasteiger partial charge in [-0.1, -0.05) is 78.3 Å². The molecular formula is C36H40ClN3O6S2. The van der Waals surface area contributed by atoms with Gasteiger partial charge in [-0.3, -0.25) is 19.1 Å². The first-order valence-electron chi connectivity index (χ1n) is 16.9. The molecule has 4 aliphatic rings. The molecule has 2 aliphatic carbocycles. The van der Waals surface area contributed by atoms with Crippen LogP contribution in [0.2, 0.25) is 5.02 Å². The highest BCUT2D eigenvalue weighted by Gasteiger charge is 2.61. The lowest BCUT2D eigenvalue weighted by molar-refractivity contribution is -0.142. The van der Waals surface area contributed by atoms with Crippen LogP contribution in [0.1, 0.15) is 69.8 Å². The molecule has 0 radical (unpaired) electrons. The van der Waals surface area contributed by atoms with Gasteiger partial charge in [0, 0.05) is 23.8 Å². The van der Waals surface area contributed by atoms with E-state index < -0.39 is 38.7 Å². The summed E-state index contributed by atoms with van der Waals surface area (Å²) in [6.07, 6.45) is 10.0. The fourth-order valence-electron chi connectivity index (χ4n) is 7.29. The smallest absolute Gasteiger partial charge is 0.274 e. The predicted molar refractivity (Wildman–Crippen MR) is 185 cm³/mol. The molecule has 3 fully saturated rings. The molecule has 2 saturated carbocycles. The molecule has 2 aromatic carbocycles. The number of thiazole rings is 1. The molecule has 2 aliphatic heterocycles. The molecular weight excluding hydrogens is 670 g/mol. The van der Waals surface area contributed by atoms with Gasteiger partial charge in [-0.2, -0.15) is 0 Å². The Labute approximate surface area is 290 Å². The van der Waals surface area contributed by atoms with Crippen molar-refractivity contribution in [3.8, 4) is 5.19 Å². The number of carbonyl (C=O) groups excluding carboxylic acids is 3. The summed E-state index contributed by atoms with van der Waals surface area (Å²) in [6, 6.07) is 14.6. The van der Waals surface area contributed by atoms with Crippen LogP contribution >= 0.6 is 22.9 Å². The Bertz CT molecular complexity index is 1840. The molecule has 2 amide bonds. The van der Waals surface area contributed by atoms with E-state index in [-0.39, 0.29) is 42.9 Å². The van der Waals surface area contributed by atoms with E-state index in [0.717, 1.165) is 41.5 Å². The summed E-state index contributed by atoms with van der Waals surface area (Å²) in [7, 11) is -3.78. The van der Waals surface area contributed by atoms with E-state index in [1.807, 2.05) is 48.5 Å². The minimum atomic E-state index is -3.78. The second-order valence-electron chi connectivity index (χ2n) is 13.8. The van der Waals surface area contributed by atoms with Gasteiger partial charge < -0.3 is 9.64 Å². The van der Waals surface area contributed by atoms with Crippen molar-refractivity contribution in [2.45, 2.75) is 88.0 Å². The number of nitrogens with one attached hydrogen (secondary N) is 1. The number of rotatable bonds is 7. The molecule has 1 saturated heterocycles. The predicted octanol–water partition coefficient (Wildman–Crippen LogP) is 6.25. The lowest BCUT2D eigenvalue weighted by atomic mass is 9.90. The summed E-state index contributed by atoms with van der Waals surface area (Å²) >= 11 is 7.55. The fraction of sp³-hybridized carbons (Fsp3) is 0.500. The first-order chi connectivity index (χ1) is 23.1. The third-order valence-corrected chi connectivity index (χ3v) is 13.2. The SMILES string of the molecule is O=C1C[C@]2(C(=O)NS(=O)(=O)C3CC3)C[C@@H]2/C=C\CCCCC[C@H](Cc2ccccc2)C(=O)N2C[C@H](Oc3nc4ccc(Cl)cc4s3)C[C@@H]12. The standard InChI is InChI=1S/C36H40ClN3O6S2/c37-26-13-16-29-32(18-26)47-35(38-29)46-27-19-30-31(41)21-36(34(43)39-48(44,45)28-14-15-28)20-25(36)12-8-3-1-2-7-11-24(33(42)40(30)22-27)17-23-9-5-4-6-10-23/h4-6,8-10,12-13,16,18,24-25,27-28,30H,1-3,7,11,14-15,17,19-22H2,(H,39,43)/b12-8-/t24-,25+,27-,30+,36-/m1/s1. The van der Waals surface area contributed by atoms with Gasteiger partial charge in [-0.25, -0.2) is 13.4 Å². The van der Waals surface area contributed by atoms with Crippen LogP contribution in [0.3, 0.4) is 0 Å². The highest BCUT2D eigenvalue weighted by molar-refractivity contribution is 7.90. The van der Waals surface area contributed by atoms with Crippen molar-refractivity contribution >= 4 is 60.8 Å². The van der Waals surface area contributed by atoms with Gasteiger partial charge in [-0.15, -0.1) is 0 Å². The number of halogens is 1. The van der Waals surface area contributed by atoms with Gasteiger partial charge in [0.25, 0.3) is 5.19 Å². The fourth-order valence-corrected chi connectivity index (χ4v) is 9.83. The van der Waals surface area contributed by atoms with Crippen molar-refractivity contribution in [1.29, 1.82) is 0 Å². The lowest BCUT2D eigenvalue weighted by Gasteiger charge is -2.29. The summed E-state index contributed by atoms with van der Waals surface area (Å²) in [6.45, 7) is 0.218. The Balaban J connectivity index is 1.18. The molecule has 0 bridgehead atoms. The number of sulfonamides is 1. The average molecular weight is 710 g/mol. The molecule has 7 rings (SSSR count). The summed E-state index contributed by atoms with van der Waals surface area (Å²) in [5.74, 6) is -1.50. The van der Waals surface area contributed by atoms with Crippen molar-refractivity contribution < 1.29 is 27.5 Å². The maximum absolute atomic E-state index is 14.5. The number of allylic oxidation sites excluding steroid dienone is 2. The number of amides is 2. The Morgan fingerprint density at radius 1 is 1.08 bits per heavy atom. The van der Waals surface area contributed by atoms with E-state index in [1.54, 1.807) is 11.0 Å². The van der Waals surface area contributed by atoms with Gasteiger partial charge in [0.15, 0.2) is 5.78 Å². The molecule has 1 aromatic heterocycles. The quantitative estimate of drug-likeness (QED) is 0.288. The van der Waals surface area contributed by atoms with Crippen LogP contribution in [0.25, 0.3) is 10.2 Å². The van der Waals surface area contributed by atoms with E-state index in [9.17, 15) is 22.8 Å². The second kappa shape index (κ2) is 13.6. The van der Waals surface area contributed by atoms with Crippen LogP contribution in [0.4, 0.5) is 0 Å². The monoisotopic (exact) mass is 709 g/mol. The van der Waals surface area contributed by atoms with Gasteiger partial charge in [0.2, 0.25) is 21.8 Å². The summed E-state index contributed by atoms with van der Waals surface area (Å²) in [4.78, 5) is 48.8. The molecule has 0 spiro atoms. The highest BCUT2D eigenvalue weighted by atomic mass is 35.5. The zero-order valence-electron chi connectivity index (χ0n) is 26.7. The van der Waals surface area contributed by atoms with Gasteiger partial charge in [0.1, 0.15) is 6.10 Å². The second-order valence-corrected chi connectivity index (χ2v) is 17.2. The summed E-state index contributed by atoms with van der Waals surface area (Å²) in [5.41, 5.74) is 0.663. The number of hydrogen-bond donors (Lipinski definition) is 1. The Morgan fingerprint density at radius 3 is 2.69 bits per heavy atom. The van der Waals surface area contributed by atoms with Crippen molar-refractivity contribution in [2.75, 3.05) is 6.54 Å². The molecule has 254 valence electrons. The Morgan fingerprint density at radius 2 is 1.90 bits per heavy atom. The van der Waals surface area contributed by atoms with Crippen molar-refractivity contribution in [2.24, 2.45) is 17.3 Å². The third kappa shape index (κ3) is 7.19. The maximum atomic E-state index is 14.5. The number of carbonyl (C=O) groups is 3. The summed E-state index contributed by atoms with van der Waals surface area (Å²) < 4.78 is 35.1. The molecule has 5 atom stereocenters. The van der Waals surface area contributed by atoms with E-state index in [1.165, 1.54) is 11.3 Å². The van der Waals surface area contributed by atoms with Crippen LogP contribution in [-0.2, 0) is 30.8 Å². The van der Waals surface area contributed by atoms with E-state index in [4.69, 9.17) is 16.3 Å². The van der Waals surface area contributed by atoms with E-state index >= 15 is 0 Å². The van der Waals surface area contributed by atoms with E-state index in [2.05, 4.69) is 15.8 Å². The molecule has 1 N–H and O–H groups in total. The number of aromatic nitrogens is 1. The average Bonchev–Trinajstić information content (AvgIpc) is 3.95. The van der Waals surface area contributed by atoms with Crippen molar-refractivity contribution in [3.05, 3.63) is 71.3 Å². The Kier molecular flexibility index (Phi) is 9.38. The number of fused-ring (bicyclic) bond motifs is 3. The number of benzene rings is 2. The molecule has 12 heteroatoms. The topological polar surface area (TPSA) is 123 Å².